The lowest BCUT2D eigenvalue weighted by atomic mass is 10.2. The summed E-state index contributed by atoms with van der Waals surface area (Å²) < 4.78 is 13.5. The Morgan fingerprint density at radius 3 is 2.92 bits per heavy atom. The largest absolute Gasteiger partial charge is 0.297 e. The minimum absolute atomic E-state index is 0.317. The first-order chi connectivity index (χ1) is 6.22. The first-order valence-electron chi connectivity index (χ1n) is 3.55. The van der Waals surface area contributed by atoms with E-state index < -0.39 is 0 Å². The fourth-order valence-corrected chi connectivity index (χ4v) is 2.45. The molecule has 0 aliphatic rings. The zero-order valence-corrected chi connectivity index (χ0v) is 7.95. The topological polar surface area (TPSA) is 17.1 Å². The van der Waals surface area contributed by atoms with Gasteiger partial charge in [0.2, 0.25) is 0 Å². The average molecular weight is 215 g/mol. The highest BCUT2D eigenvalue weighted by atomic mass is 35.5. The molecule has 13 heavy (non-hydrogen) atoms. The second-order valence-electron chi connectivity index (χ2n) is 2.54. The van der Waals surface area contributed by atoms with Crippen molar-refractivity contribution in [1.29, 1.82) is 0 Å². The van der Waals surface area contributed by atoms with E-state index in [2.05, 4.69) is 0 Å². The summed E-state index contributed by atoms with van der Waals surface area (Å²) in [6.07, 6.45) is 0.685. The van der Waals surface area contributed by atoms with Gasteiger partial charge in [0.1, 0.15) is 5.82 Å². The molecule has 0 fully saturated rings. The molecule has 0 spiro atoms. The lowest BCUT2D eigenvalue weighted by Crippen LogP contribution is -1.71. The molecule has 0 N–H and O–H groups in total. The molecule has 1 aromatic carbocycles. The molecule has 4 heteroatoms. The van der Waals surface area contributed by atoms with Gasteiger partial charge in [0.05, 0.1) is 9.90 Å². The Labute approximate surface area is 82.7 Å². The van der Waals surface area contributed by atoms with Crippen molar-refractivity contribution in [1.82, 2.24) is 0 Å². The van der Waals surface area contributed by atoms with Crippen LogP contribution >= 0.6 is 22.9 Å². The Morgan fingerprint density at radius 1 is 1.46 bits per heavy atom. The van der Waals surface area contributed by atoms with Gasteiger partial charge in [0.15, 0.2) is 6.29 Å². The molecule has 66 valence electrons. The number of thiophene rings is 1. The van der Waals surface area contributed by atoms with E-state index in [0.29, 0.717) is 20.9 Å². The number of hydrogen-bond acceptors (Lipinski definition) is 2. The highest BCUT2D eigenvalue weighted by molar-refractivity contribution is 7.21. The number of carbonyl (C=O) groups is 1. The predicted octanol–water partition coefficient (Wildman–Crippen LogP) is 3.51. The first-order valence-corrected chi connectivity index (χ1v) is 4.74. The maximum Gasteiger partial charge on any atom is 0.161 e. The molecule has 2 aromatic rings. The Hall–Kier alpha value is -0.930. The maximum atomic E-state index is 12.8. The molecule has 0 saturated heterocycles. The summed E-state index contributed by atoms with van der Waals surface area (Å²) in [5.41, 5.74) is 0. The quantitative estimate of drug-likeness (QED) is 0.664. The van der Waals surface area contributed by atoms with Crippen molar-refractivity contribution >= 4 is 39.3 Å². The van der Waals surface area contributed by atoms with Crippen LogP contribution in [-0.2, 0) is 0 Å². The van der Waals surface area contributed by atoms with Gasteiger partial charge in [-0.2, -0.15) is 0 Å². The van der Waals surface area contributed by atoms with E-state index in [-0.39, 0.29) is 5.82 Å². The van der Waals surface area contributed by atoms with Crippen molar-refractivity contribution < 1.29 is 9.18 Å². The van der Waals surface area contributed by atoms with Crippen LogP contribution in [0.4, 0.5) is 4.39 Å². The minimum Gasteiger partial charge on any atom is -0.297 e. The molecule has 0 bridgehead atoms. The first kappa shape index (κ1) is 8.66. The summed E-state index contributed by atoms with van der Waals surface area (Å²) in [7, 11) is 0. The summed E-state index contributed by atoms with van der Waals surface area (Å²) >= 11 is 7.06. The van der Waals surface area contributed by atoms with Gasteiger partial charge in [-0.3, -0.25) is 4.79 Å². The maximum absolute atomic E-state index is 12.8. The Kier molecular flexibility index (Phi) is 2.06. The number of aldehydes is 1. The molecule has 0 aliphatic carbocycles. The zero-order valence-electron chi connectivity index (χ0n) is 6.38. The SMILES string of the molecule is O=Cc1sc2cc(F)ccc2c1Cl. The van der Waals surface area contributed by atoms with E-state index >= 15 is 0 Å². The lowest BCUT2D eigenvalue weighted by molar-refractivity contribution is 0.112. The van der Waals surface area contributed by atoms with Gasteiger partial charge in [-0.25, -0.2) is 4.39 Å². The highest BCUT2D eigenvalue weighted by Gasteiger charge is 2.09. The summed E-state index contributed by atoms with van der Waals surface area (Å²) in [4.78, 5) is 11.0. The smallest absolute Gasteiger partial charge is 0.161 e. The molecular formula is C9H4ClFOS. The van der Waals surface area contributed by atoms with E-state index in [0.717, 1.165) is 5.39 Å². The molecule has 0 aliphatic heterocycles. The predicted molar refractivity (Wildman–Crippen MR) is 52.2 cm³/mol. The van der Waals surface area contributed by atoms with Crippen molar-refractivity contribution in [2.75, 3.05) is 0 Å². The van der Waals surface area contributed by atoms with Gasteiger partial charge in [0, 0.05) is 10.1 Å². The van der Waals surface area contributed by atoms with E-state index in [1.807, 2.05) is 0 Å². The Bertz CT molecular complexity index is 478. The van der Waals surface area contributed by atoms with Crippen molar-refractivity contribution in [3.8, 4) is 0 Å². The van der Waals surface area contributed by atoms with Gasteiger partial charge >= 0.3 is 0 Å². The van der Waals surface area contributed by atoms with Gasteiger partial charge in [-0.15, -0.1) is 11.3 Å². The van der Waals surface area contributed by atoms with Crippen molar-refractivity contribution in [2.24, 2.45) is 0 Å². The number of carbonyl (C=O) groups excluding carboxylic acids is 1. The molecule has 0 atom stereocenters. The third-order valence-electron chi connectivity index (χ3n) is 1.72. The van der Waals surface area contributed by atoms with Crippen molar-refractivity contribution in [3.05, 3.63) is 33.9 Å². The van der Waals surface area contributed by atoms with E-state index in [1.54, 1.807) is 6.07 Å². The van der Waals surface area contributed by atoms with Crippen LogP contribution in [0.25, 0.3) is 10.1 Å². The molecular weight excluding hydrogens is 211 g/mol. The standard InChI is InChI=1S/C9H4ClFOS/c10-9-6-2-1-5(11)3-7(6)13-8(9)4-12/h1-4H. The zero-order chi connectivity index (χ0) is 9.42. The molecule has 0 amide bonds. The second-order valence-corrected chi connectivity index (χ2v) is 4.00. The number of rotatable bonds is 1. The van der Waals surface area contributed by atoms with Crippen LogP contribution in [-0.4, -0.2) is 6.29 Å². The van der Waals surface area contributed by atoms with Gasteiger partial charge in [-0.05, 0) is 18.2 Å². The number of fused-ring (bicyclic) bond motifs is 1. The summed E-state index contributed by atoms with van der Waals surface area (Å²) in [5.74, 6) is -0.317. The monoisotopic (exact) mass is 214 g/mol. The Morgan fingerprint density at radius 2 is 2.23 bits per heavy atom. The van der Waals surface area contributed by atoms with Crippen LogP contribution in [0.3, 0.4) is 0 Å². The number of benzene rings is 1. The Balaban J connectivity index is 2.83. The van der Waals surface area contributed by atoms with Crippen LogP contribution in [0.5, 0.6) is 0 Å². The average Bonchev–Trinajstić information content (AvgIpc) is 2.42. The molecule has 0 unspecified atom stereocenters. The third-order valence-corrected chi connectivity index (χ3v) is 3.32. The minimum atomic E-state index is -0.317. The molecule has 1 aromatic heterocycles. The third kappa shape index (κ3) is 1.34. The number of halogens is 2. The van der Waals surface area contributed by atoms with Crippen molar-refractivity contribution in [2.45, 2.75) is 0 Å². The molecule has 0 radical (unpaired) electrons. The molecule has 0 saturated carbocycles. The van der Waals surface area contributed by atoms with E-state index in [1.165, 1.54) is 23.5 Å². The van der Waals surface area contributed by atoms with Crippen LogP contribution in [0, 0.1) is 5.82 Å². The van der Waals surface area contributed by atoms with Crippen molar-refractivity contribution in [3.63, 3.8) is 0 Å². The second kappa shape index (κ2) is 3.09. The normalized spacial score (nSPS) is 10.6. The van der Waals surface area contributed by atoms with Gasteiger partial charge < -0.3 is 0 Å². The van der Waals surface area contributed by atoms with E-state index in [9.17, 15) is 9.18 Å². The van der Waals surface area contributed by atoms with Crippen LogP contribution < -0.4 is 0 Å². The highest BCUT2D eigenvalue weighted by Crippen LogP contribution is 2.34. The fourth-order valence-electron chi connectivity index (χ4n) is 1.13. The fraction of sp³-hybridized carbons (Fsp3) is 0. The molecule has 2 rings (SSSR count). The van der Waals surface area contributed by atoms with Crippen LogP contribution in [0.1, 0.15) is 9.67 Å². The van der Waals surface area contributed by atoms with Gasteiger partial charge in [-0.1, -0.05) is 11.6 Å². The molecule has 1 heterocycles. The summed E-state index contributed by atoms with van der Waals surface area (Å²) in [6, 6.07) is 4.28. The van der Waals surface area contributed by atoms with E-state index in [4.69, 9.17) is 11.6 Å². The number of hydrogen-bond donors (Lipinski definition) is 0. The molecule has 1 nitrogen and oxygen atoms in total. The summed E-state index contributed by atoms with van der Waals surface area (Å²) in [5, 5.41) is 1.14. The van der Waals surface area contributed by atoms with Crippen LogP contribution in [0.15, 0.2) is 18.2 Å². The van der Waals surface area contributed by atoms with Crippen LogP contribution in [0.2, 0.25) is 5.02 Å². The summed E-state index contributed by atoms with van der Waals surface area (Å²) in [6.45, 7) is 0. The van der Waals surface area contributed by atoms with Gasteiger partial charge in [0.25, 0.3) is 0 Å². The lowest BCUT2D eigenvalue weighted by Gasteiger charge is -1.89.